The molecular weight excluding hydrogens is 232 g/mol. The zero-order valence-electron chi connectivity index (χ0n) is 11.5. The van der Waals surface area contributed by atoms with Crippen LogP contribution in [0.25, 0.3) is 0 Å². The number of piperazine rings is 1. The van der Waals surface area contributed by atoms with Crippen LogP contribution in [0.4, 0.5) is 0 Å². The summed E-state index contributed by atoms with van der Waals surface area (Å²) in [6.07, 6.45) is 0.535. The number of carboxylic acid groups (broad SMARTS) is 1. The predicted octanol–water partition coefficient (Wildman–Crippen LogP) is -1.03. The first kappa shape index (κ1) is 15.4. The van der Waals surface area contributed by atoms with Crippen molar-refractivity contribution in [3.63, 3.8) is 0 Å². The summed E-state index contributed by atoms with van der Waals surface area (Å²) in [6, 6.07) is -0.411. The van der Waals surface area contributed by atoms with Gasteiger partial charge < -0.3 is 15.7 Å². The fourth-order valence-electron chi connectivity index (χ4n) is 2.26. The molecule has 1 unspecified atom stereocenters. The molecule has 1 atom stereocenters. The van der Waals surface area contributed by atoms with E-state index >= 15 is 0 Å². The van der Waals surface area contributed by atoms with Crippen LogP contribution in [0.5, 0.6) is 0 Å². The third-order valence-corrected chi connectivity index (χ3v) is 3.44. The van der Waals surface area contributed by atoms with Crippen LogP contribution >= 0.6 is 0 Å². The molecule has 6 nitrogen and oxygen atoms in total. The van der Waals surface area contributed by atoms with Crippen molar-refractivity contribution in [2.75, 3.05) is 59.9 Å². The molecule has 0 aromatic heterocycles. The SMILES string of the molecule is CN(C)CCN1CCN(C(CCN)C(=O)O)CC1. The lowest BCUT2D eigenvalue weighted by atomic mass is 10.1. The van der Waals surface area contributed by atoms with E-state index in [9.17, 15) is 9.90 Å². The number of likely N-dealkylation sites (N-methyl/N-ethyl adjacent to an activating group) is 1. The van der Waals surface area contributed by atoms with Crippen LogP contribution in [0.2, 0.25) is 0 Å². The van der Waals surface area contributed by atoms with E-state index in [1.54, 1.807) is 0 Å². The second-order valence-electron chi connectivity index (χ2n) is 5.11. The lowest BCUT2D eigenvalue weighted by Gasteiger charge is -2.38. The first-order valence-electron chi connectivity index (χ1n) is 6.58. The summed E-state index contributed by atoms with van der Waals surface area (Å²) in [5, 5.41) is 9.18. The predicted molar refractivity (Wildman–Crippen MR) is 71.7 cm³/mol. The van der Waals surface area contributed by atoms with E-state index < -0.39 is 12.0 Å². The zero-order valence-corrected chi connectivity index (χ0v) is 11.5. The monoisotopic (exact) mass is 258 g/mol. The second kappa shape index (κ2) is 7.68. The quantitative estimate of drug-likeness (QED) is 0.608. The summed E-state index contributed by atoms with van der Waals surface area (Å²) in [6.45, 7) is 6.07. The van der Waals surface area contributed by atoms with Gasteiger partial charge in [-0.25, -0.2) is 0 Å². The molecule has 0 bridgehead atoms. The van der Waals surface area contributed by atoms with E-state index in [4.69, 9.17) is 5.73 Å². The average molecular weight is 258 g/mol. The summed E-state index contributed by atoms with van der Waals surface area (Å²) < 4.78 is 0. The van der Waals surface area contributed by atoms with Gasteiger partial charge in [-0.15, -0.1) is 0 Å². The van der Waals surface area contributed by atoms with E-state index in [1.165, 1.54) is 0 Å². The van der Waals surface area contributed by atoms with Gasteiger partial charge in [-0.1, -0.05) is 0 Å². The molecule has 1 aliphatic rings. The van der Waals surface area contributed by atoms with E-state index in [1.807, 2.05) is 4.90 Å². The van der Waals surface area contributed by atoms with E-state index in [0.717, 1.165) is 39.3 Å². The van der Waals surface area contributed by atoms with Crippen LogP contribution < -0.4 is 5.73 Å². The van der Waals surface area contributed by atoms with Crippen molar-refractivity contribution in [2.24, 2.45) is 5.73 Å². The number of hydrogen-bond donors (Lipinski definition) is 2. The van der Waals surface area contributed by atoms with Gasteiger partial charge in [0.2, 0.25) is 0 Å². The summed E-state index contributed by atoms with van der Waals surface area (Å²) in [7, 11) is 4.13. The van der Waals surface area contributed by atoms with Gasteiger partial charge in [0.25, 0.3) is 0 Å². The Hall–Kier alpha value is -0.690. The van der Waals surface area contributed by atoms with Crippen molar-refractivity contribution in [3.8, 4) is 0 Å². The van der Waals surface area contributed by atoms with Crippen molar-refractivity contribution < 1.29 is 9.90 Å². The highest BCUT2D eigenvalue weighted by molar-refractivity contribution is 5.73. The molecule has 0 aromatic rings. The van der Waals surface area contributed by atoms with Crippen LogP contribution in [0.1, 0.15) is 6.42 Å². The van der Waals surface area contributed by atoms with E-state index in [2.05, 4.69) is 23.9 Å². The van der Waals surface area contributed by atoms with Gasteiger partial charge in [-0.05, 0) is 27.1 Å². The number of carboxylic acids is 1. The summed E-state index contributed by atoms with van der Waals surface area (Å²) >= 11 is 0. The van der Waals surface area contributed by atoms with Crippen molar-refractivity contribution in [1.82, 2.24) is 14.7 Å². The van der Waals surface area contributed by atoms with Crippen LogP contribution in [0.3, 0.4) is 0 Å². The van der Waals surface area contributed by atoms with Gasteiger partial charge in [0.1, 0.15) is 6.04 Å². The third kappa shape index (κ3) is 4.89. The summed E-state index contributed by atoms with van der Waals surface area (Å²) in [5.41, 5.74) is 5.48. The molecule has 0 radical (unpaired) electrons. The lowest BCUT2D eigenvalue weighted by molar-refractivity contribution is -0.144. The summed E-state index contributed by atoms with van der Waals surface area (Å²) in [4.78, 5) is 17.8. The molecule has 1 aliphatic heterocycles. The molecule has 3 N–H and O–H groups in total. The molecule has 106 valence electrons. The molecule has 0 aliphatic carbocycles. The normalized spacial score (nSPS) is 20.2. The zero-order chi connectivity index (χ0) is 13.5. The van der Waals surface area contributed by atoms with Gasteiger partial charge in [0.05, 0.1) is 0 Å². The van der Waals surface area contributed by atoms with Crippen molar-refractivity contribution in [2.45, 2.75) is 12.5 Å². The molecule has 1 fully saturated rings. The largest absolute Gasteiger partial charge is 0.480 e. The van der Waals surface area contributed by atoms with Crippen LogP contribution in [-0.4, -0.2) is 91.7 Å². The first-order valence-corrected chi connectivity index (χ1v) is 6.58. The van der Waals surface area contributed by atoms with Crippen molar-refractivity contribution in [3.05, 3.63) is 0 Å². The van der Waals surface area contributed by atoms with Crippen LogP contribution in [0, 0.1) is 0 Å². The van der Waals surface area contributed by atoms with Gasteiger partial charge in [0.15, 0.2) is 0 Å². The fourth-order valence-corrected chi connectivity index (χ4v) is 2.26. The molecule has 18 heavy (non-hydrogen) atoms. The van der Waals surface area contributed by atoms with Crippen LogP contribution in [-0.2, 0) is 4.79 Å². The van der Waals surface area contributed by atoms with Gasteiger partial charge in [0, 0.05) is 39.3 Å². The lowest BCUT2D eigenvalue weighted by Crippen LogP contribution is -2.53. The molecule has 1 saturated heterocycles. The fraction of sp³-hybridized carbons (Fsp3) is 0.917. The Kier molecular flexibility index (Phi) is 6.56. The van der Waals surface area contributed by atoms with Gasteiger partial charge in [-0.3, -0.25) is 14.6 Å². The minimum Gasteiger partial charge on any atom is -0.480 e. The highest BCUT2D eigenvalue weighted by Gasteiger charge is 2.27. The molecule has 0 saturated carbocycles. The Morgan fingerprint density at radius 1 is 1.33 bits per heavy atom. The number of nitrogens with two attached hydrogens (primary N) is 1. The Morgan fingerprint density at radius 2 is 1.94 bits per heavy atom. The van der Waals surface area contributed by atoms with Crippen molar-refractivity contribution in [1.29, 1.82) is 0 Å². The van der Waals surface area contributed by atoms with Crippen LogP contribution in [0.15, 0.2) is 0 Å². The van der Waals surface area contributed by atoms with Crippen molar-refractivity contribution >= 4 is 5.97 Å². The third-order valence-electron chi connectivity index (χ3n) is 3.44. The number of nitrogens with zero attached hydrogens (tertiary/aromatic N) is 3. The molecule has 6 heteroatoms. The minimum atomic E-state index is -0.748. The van der Waals surface area contributed by atoms with E-state index in [0.29, 0.717) is 13.0 Å². The maximum atomic E-state index is 11.2. The maximum Gasteiger partial charge on any atom is 0.320 e. The number of aliphatic carboxylic acids is 1. The Bertz CT molecular complexity index is 252. The van der Waals surface area contributed by atoms with E-state index in [-0.39, 0.29) is 0 Å². The summed E-state index contributed by atoms with van der Waals surface area (Å²) in [5.74, 6) is -0.748. The Labute approximate surface area is 109 Å². The molecule has 1 heterocycles. The molecule has 0 amide bonds. The number of hydrogen-bond acceptors (Lipinski definition) is 5. The molecule has 0 aromatic carbocycles. The minimum absolute atomic E-state index is 0.411. The first-order chi connectivity index (χ1) is 8.54. The smallest absolute Gasteiger partial charge is 0.320 e. The molecule has 1 rings (SSSR count). The molecule has 0 spiro atoms. The standard InChI is InChI=1S/C12H26N4O2/c1-14(2)5-6-15-7-9-16(10-8-15)11(3-4-13)12(17)18/h11H,3-10,13H2,1-2H3,(H,17,18). The van der Waals surface area contributed by atoms with Gasteiger partial charge in [-0.2, -0.15) is 0 Å². The molecular formula is C12H26N4O2. The number of carbonyl (C=O) groups is 1. The number of rotatable bonds is 7. The van der Waals surface area contributed by atoms with Gasteiger partial charge >= 0.3 is 5.97 Å². The second-order valence-corrected chi connectivity index (χ2v) is 5.11. The highest BCUT2D eigenvalue weighted by atomic mass is 16.4. The Balaban J connectivity index is 2.35. The maximum absolute atomic E-state index is 11.2. The highest BCUT2D eigenvalue weighted by Crippen LogP contribution is 2.09. The topological polar surface area (TPSA) is 73.0 Å². The average Bonchev–Trinajstić information content (AvgIpc) is 2.34. The Morgan fingerprint density at radius 3 is 2.39 bits per heavy atom.